The Kier molecular flexibility index (Phi) is 4.15. The summed E-state index contributed by atoms with van der Waals surface area (Å²) in [6, 6.07) is 5.56. The monoisotopic (exact) mass is 287 g/mol. The van der Waals surface area contributed by atoms with Crippen LogP contribution in [0.1, 0.15) is 18.9 Å². The van der Waals surface area contributed by atoms with Crippen LogP contribution in [0.2, 0.25) is 10.0 Å². The number of hydrogen-bond donors (Lipinski definition) is 1. The third kappa shape index (κ3) is 2.63. The van der Waals surface area contributed by atoms with Gasteiger partial charge in [0.2, 0.25) is 0 Å². The van der Waals surface area contributed by atoms with Crippen LogP contribution in [0.5, 0.6) is 0 Å². The molecule has 0 amide bonds. The highest BCUT2D eigenvalue weighted by Crippen LogP contribution is 2.30. The molecule has 3 nitrogen and oxygen atoms in total. The fourth-order valence-corrected chi connectivity index (χ4v) is 2.83. The summed E-state index contributed by atoms with van der Waals surface area (Å²) in [5.74, 6) is -1.01. The Hall–Kier alpha value is -0.770. The number of carboxylic acids is 1. The van der Waals surface area contributed by atoms with E-state index in [2.05, 4.69) is 4.90 Å². The van der Waals surface area contributed by atoms with E-state index in [1.54, 1.807) is 6.07 Å². The van der Waals surface area contributed by atoms with Crippen LogP contribution in [0, 0.1) is 5.92 Å². The van der Waals surface area contributed by atoms with Crippen molar-refractivity contribution in [3.8, 4) is 0 Å². The molecule has 98 valence electrons. The van der Waals surface area contributed by atoms with Crippen LogP contribution in [0.3, 0.4) is 0 Å². The summed E-state index contributed by atoms with van der Waals surface area (Å²) in [6.45, 7) is 3.37. The van der Waals surface area contributed by atoms with Crippen LogP contribution in [-0.2, 0) is 11.3 Å². The highest BCUT2D eigenvalue weighted by molar-refractivity contribution is 6.42. The summed E-state index contributed by atoms with van der Waals surface area (Å²) in [7, 11) is 0. The predicted molar refractivity (Wildman–Crippen MR) is 72.1 cm³/mol. The molecular formula is C13H15Cl2NO2. The van der Waals surface area contributed by atoms with Gasteiger partial charge in [-0.15, -0.1) is 0 Å². The molecule has 5 heteroatoms. The summed E-state index contributed by atoms with van der Waals surface area (Å²) in [4.78, 5) is 13.2. The van der Waals surface area contributed by atoms with Crippen molar-refractivity contribution < 1.29 is 9.90 Å². The number of likely N-dealkylation sites (tertiary alicyclic amines) is 1. The number of hydrogen-bond acceptors (Lipinski definition) is 2. The molecule has 1 aliphatic heterocycles. The average Bonchev–Trinajstić information content (AvgIpc) is 2.67. The van der Waals surface area contributed by atoms with Crippen molar-refractivity contribution in [2.45, 2.75) is 25.9 Å². The molecule has 0 spiro atoms. The third-order valence-corrected chi connectivity index (χ3v) is 4.47. The van der Waals surface area contributed by atoms with Gasteiger partial charge in [-0.25, -0.2) is 0 Å². The van der Waals surface area contributed by atoms with E-state index < -0.39 is 5.97 Å². The fraction of sp³-hybridized carbons (Fsp3) is 0.462. The first-order valence-electron chi connectivity index (χ1n) is 5.90. The Labute approximate surface area is 116 Å². The van der Waals surface area contributed by atoms with E-state index in [0.717, 1.165) is 12.1 Å². The van der Waals surface area contributed by atoms with Crippen molar-refractivity contribution in [2.24, 2.45) is 5.92 Å². The van der Waals surface area contributed by atoms with Crippen LogP contribution in [0.15, 0.2) is 18.2 Å². The number of carbonyl (C=O) groups is 1. The first kappa shape index (κ1) is 13.7. The molecule has 0 saturated carbocycles. The normalized spacial score (nSPS) is 24.4. The van der Waals surface area contributed by atoms with E-state index in [1.165, 1.54) is 0 Å². The lowest BCUT2D eigenvalue weighted by molar-refractivity contribution is -0.142. The summed E-state index contributed by atoms with van der Waals surface area (Å²) >= 11 is 12.1. The Morgan fingerprint density at radius 2 is 2.22 bits per heavy atom. The second-order valence-electron chi connectivity index (χ2n) is 4.66. The first-order chi connectivity index (χ1) is 8.50. The van der Waals surface area contributed by atoms with Crippen molar-refractivity contribution >= 4 is 29.2 Å². The zero-order chi connectivity index (χ0) is 13.3. The van der Waals surface area contributed by atoms with Crippen molar-refractivity contribution in [2.75, 3.05) is 6.54 Å². The van der Waals surface area contributed by atoms with Gasteiger partial charge in [-0.05, 0) is 31.5 Å². The van der Waals surface area contributed by atoms with Crippen LogP contribution in [0.25, 0.3) is 0 Å². The Morgan fingerprint density at radius 3 is 2.83 bits per heavy atom. The van der Waals surface area contributed by atoms with Crippen molar-refractivity contribution in [1.29, 1.82) is 0 Å². The SMILES string of the molecule is CC1C(C(=O)O)CCN1Cc1cccc(Cl)c1Cl. The molecule has 2 atom stereocenters. The number of nitrogens with zero attached hydrogens (tertiary/aromatic N) is 1. The van der Waals surface area contributed by atoms with E-state index in [1.807, 2.05) is 19.1 Å². The van der Waals surface area contributed by atoms with Crippen molar-refractivity contribution in [3.63, 3.8) is 0 Å². The molecule has 1 aromatic rings. The number of rotatable bonds is 3. The summed E-state index contributed by atoms with van der Waals surface area (Å²) in [6.07, 6.45) is 0.689. The van der Waals surface area contributed by atoms with Gasteiger partial charge >= 0.3 is 5.97 Å². The number of benzene rings is 1. The summed E-state index contributed by atoms with van der Waals surface area (Å²) in [5, 5.41) is 10.2. The zero-order valence-electron chi connectivity index (χ0n) is 10.1. The van der Waals surface area contributed by atoms with Gasteiger partial charge in [0.25, 0.3) is 0 Å². The van der Waals surface area contributed by atoms with Gasteiger partial charge in [-0.2, -0.15) is 0 Å². The topological polar surface area (TPSA) is 40.5 Å². The number of aliphatic carboxylic acids is 1. The van der Waals surface area contributed by atoms with Gasteiger partial charge in [-0.1, -0.05) is 35.3 Å². The maximum Gasteiger partial charge on any atom is 0.308 e. The van der Waals surface area contributed by atoms with E-state index in [9.17, 15) is 4.79 Å². The van der Waals surface area contributed by atoms with Crippen LogP contribution < -0.4 is 0 Å². The molecule has 0 radical (unpaired) electrons. The van der Waals surface area contributed by atoms with E-state index in [4.69, 9.17) is 28.3 Å². The Morgan fingerprint density at radius 1 is 1.50 bits per heavy atom. The lowest BCUT2D eigenvalue weighted by Gasteiger charge is -2.23. The van der Waals surface area contributed by atoms with Gasteiger partial charge in [0, 0.05) is 12.6 Å². The molecule has 1 saturated heterocycles. The Bertz CT molecular complexity index is 464. The van der Waals surface area contributed by atoms with E-state index >= 15 is 0 Å². The Balaban J connectivity index is 2.11. The second kappa shape index (κ2) is 5.47. The molecule has 1 N–H and O–H groups in total. The molecule has 0 aromatic heterocycles. The molecule has 0 aliphatic carbocycles. The van der Waals surface area contributed by atoms with Crippen molar-refractivity contribution in [3.05, 3.63) is 33.8 Å². The van der Waals surface area contributed by atoms with Gasteiger partial charge in [0.15, 0.2) is 0 Å². The highest BCUT2D eigenvalue weighted by Gasteiger charge is 2.35. The third-order valence-electron chi connectivity index (χ3n) is 3.61. The molecule has 2 unspecified atom stereocenters. The maximum absolute atomic E-state index is 11.1. The molecule has 2 rings (SSSR count). The average molecular weight is 288 g/mol. The predicted octanol–water partition coefficient (Wildman–Crippen LogP) is 3.29. The van der Waals surface area contributed by atoms with Crippen LogP contribution >= 0.6 is 23.2 Å². The maximum atomic E-state index is 11.1. The molecular weight excluding hydrogens is 273 g/mol. The lowest BCUT2D eigenvalue weighted by atomic mass is 10.0. The quantitative estimate of drug-likeness (QED) is 0.927. The summed E-state index contributed by atoms with van der Waals surface area (Å²) < 4.78 is 0. The van der Waals surface area contributed by atoms with Crippen LogP contribution in [0.4, 0.5) is 0 Å². The fourth-order valence-electron chi connectivity index (χ4n) is 2.45. The minimum Gasteiger partial charge on any atom is -0.481 e. The lowest BCUT2D eigenvalue weighted by Crippen LogP contribution is -2.32. The first-order valence-corrected chi connectivity index (χ1v) is 6.66. The van der Waals surface area contributed by atoms with Crippen molar-refractivity contribution in [1.82, 2.24) is 4.90 Å². The van der Waals surface area contributed by atoms with Gasteiger partial charge in [0.05, 0.1) is 16.0 Å². The number of halogens is 2. The van der Waals surface area contributed by atoms with Gasteiger partial charge in [0.1, 0.15) is 0 Å². The molecule has 0 bridgehead atoms. The molecule has 1 aromatic carbocycles. The largest absolute Gasteiger partial charge is 0.481 e. The molecule has 1 heterocycles. The van der Waals surface area contributed by atoms with Crippen LogP contribution in [-0.4, -0.2) is 28.6 Å². The minimum atomic E-state index is -0.720. The number of carboxylic acid groups (broad SMARTS) is 1. The highest BCUT2D eigenvalue weighted by atomic mass is 35.5. The van der Waals surface area contributed by atoms with Gasteiger partial charge in [-0.3, -0.25) is 9.69 Å². The van der Waals surface area contributed by atoms with E-state index in [0.29, 0.717) is 23.0 Å². The second-order valence-corrected chi connectivity index (χ2v) is 5.44. The minimum absolute atomic E-state index is 0.0255. The van der Waals surface area contributed by atoms with E-state index in [-0.39, 0.29) is 12.0 Å². The zero-order valence-corrected chi connectivity index (χ0v) is 11.6. The molecule has 1 aliphatic rings. The summed E-state index contributed by atoms with van der Waals surface area (Å²) in [5.41, 5.74) is 0.946. The standard InChI is InChI=1S/C13H15Cl2NO2/c1-8-10(13(17)18)5-6-16(8)7-9-3-2-4-11(14)12(9)15/h2-4,8,10H,5-7H2,1H3,(H,17,18). The molecule has 18 heavy (non-hydrogen) atoms. The smallest absolute Gasteiger partial charge is 0.308 e. The molecule has 1 fully saturated rings. The van der Waals surface area contributed by atoms with Gasteiger partial charge < -0.3 is 5.11 Å².